The Hall–Kier alpha value is -2.12. The Kier molecular flexibility index (Phi) is 6.11. The number of hydrogen-bond acceptors (Lipinski definition) is 5. The van der Waals surface area contributed by atoms with E-state index >= 15 is 0 Å². The van der Waals surface area contributed by atoms with E-state index in [1.807, 2.05) is 24.3 Å². The number of nitrogens with one attached hydrogen (secondary N) is 2. The summed E-state index contributed by atoms with van der Waals surface area (Å²) in [6, 6.07) is 7.60. The highest BCUT2D eigenvalue weighted by Gasteiger charge is 2.43. The Bertz CT molecular complexity index is 643. The highest BCUT2D eigenvalue weighted by Crippen LogP contribution is 2.38. The van der Waals surface area contributed by atoms with Gasteiger partial charge in [0.1, 0.15) is 11.9 Å². The Morgan fingerprint density at radius 1 is 1.19 bits per heavy atom. The van der Waals surface area contributed by atoms with E-state index in [4.69, 9.17) is 14.2 Å². The number of carbonyl (C=O) groups excluding carboxylic acids is 2. The number of hydrogen-bond donors (Lipinski definition) is 2. The van der Waals surface area contributed by atoms with Gasteiger partial charge in [-0.1, -0.05) is 18.2 Å². The lowest BCUT2D eigenvalue weighted by atomic mass is 10.1. The smallest absolute Gasteiger partial charge is 0.309 e. The summed E-state index contributed by atoms with van der Waals surface area (Å²) < 4.78 is 16.9. The van der Waals surface area contributed by atoms with E-state index in [1.165, 1.54) is 0 Å². The zero-order valence-electron chi connectivity index (χ0n) is 15.1. The summed E-state index contributed by atoms with van der Waals surface area (Å²) in [5.74, 6) is -0.979. The molecule has 2 aliphatic rings. The molecule has 7 heteroatoms. The maximum absolute atomic E-state index is 11.9. The van der Waals surface area contributed by atoms with Gasteiger partial charge in [0, 0.05) is 25.9 Å². The molecule has 1 saturated carbocycles. The molecule has 142 valence electrons. The molecular formula is C19H26N2O5. The zero-order chi connectivity index (χ0) is 18.4. The normalized spacial score (nSPS) is 20.9. The molecular weight excluding hydrogens is 336 g/mol. The molecule has 1 saturated heterocycles. The standard InChI is InChI=1S/C19H26N2O5/c1-24-16-7-3-2-6-14(16)8-11-20-17(22)18(23)21-12-15-13-25-19(26-15)9-4-5-10-19/h2-3,6-7,15H,4-5,8-13H2,1H3,(H,20,22)(H,21,23). The number of rotatable bonds is 6. The second-order valence-electron chi connectivity index (χ2n) is 6.70. The van der Waals surface area contributed by atoms with Gasteiger partial charge in [-0.15, -0.1) is 0 Å². The van der Waals surface area contributed by atoms with Crippen LogP contribution in [0.15, 0.2) is 24.3 Å². The molecule has 3 rings (SSSR count). The van der Waals surface area contributed by atoms with E-state index < -0.39 is 17.6 Å². The number of methoxy groups -OCH3 is 1. The Balaban J connectivity index is 1.36. The summed E-state index contributed by atoms with van der Waals surface area (Å²) in [7, 11) is 1.61. The predicted octanol–water partition coefficient (Wildman–Crippen LogP) is 1.16. The molecule has 0 radical (unpaired) electrons. The zero-order valence-corrected chi connectivity index (χ0v) is 15.1. The summed E-state index contributed by atoms with van der Waals surface area (Å²) in [5.41, 5.74) is 0.981. The first-order chi connectivity index (χ1) is 12.6. The summed E-state index contributed by atoms with van der Waals surface area (Å²) in [5, 5.41) is 5.25. The van der Waals surface area contributed by atoms with Crippen LogP contribution in [0.5, 0.6) is 5.75 Å². The van der Waals surface area contributed by atoms with Crippen molar-refractivity contribution in [1.82, 2.24) is 10.6 Å². The van der Waals surface area contributed by atoms with Gasteiger partial charge in [0.15, 0.2) is 5.79 Å². The highest BCUT2D eigenvalue weighted by molar-refractivity contribution is 6.35. The maximum atomic E-state index is 11.9. The van der Waals surface area contributed by atoms with Crippen LogP contribution in [0.2, 0.25) is 0 Å². The van der Waals surface area contributed by atoms with E-state index in [2.05, 4.69) is 10.6 Å². The lowest BCUT2D eigenvalue weighted by Crippen LogP contribution is -2.44. The molecule has 1 aliphatic heterocycles. The van der Waals surface area contributed by atoms with E-state index in [-0.39, 0.29) is 12.6 Å². The molecule has 26 heavy (non-hydrogen) atoms. The lowest BCUT2D eigenvalue weighted by Gasteiger charge is -2.21. The average Bonchev–Trinajstić information content (AvgIpc) is 3.29. The molecule has 0 bridgehead atoms. The van der Waals surface area contributed by atoms with Crippen LogP contribution in [0, 0.1) is 0 Å². The topological polar surface area (TPSA) is 85.9 Å². The number of amides is 2. The van der Waals surface area contributed by atoms with Gasteiger partial charge in [-0.05, 0) is 30.9 Å². The fourth-order valence-electron chi connectivity index (χ4n) is 3.48. The quantitative estimate of drug-likeness (QED) is 0.742. The molecule has 1 unspecified atom stereocenters. The number of carbonyl (C=O) groups is 2. The summed E-state index contributed by atoms with van der Waals surface area (Å²) in [4.78, 5) is 23.8. The predicted molar refractivity (Wildman–Crippen MR) is 94.7 cm³/mol. The molecule has 0 aromatic heterocycles. The van der Waals surface area contributed by atoms with E-state index in [1.54, 1.807) is 7.11 Å². The minimum atomic E-state index is -0.652. The van der Waals surface area contributed by atoms with Crippen LogP contribution in [0.3, 0.4) is 0 Å². The van der Waals surface area contributed by atoms with Gasteiger partial charge in [0.25, 0.3) is 0 Å². The van der Waals surface area contributed by atoms with Crippen LogP contribution in [0.25, 0.3) is 0 Å². The Morgan fingerprint density at radius 2 is 1.92 bits per heavy atom. The minimum absolute atomic E-state index is 0.196. The largest absolute Gasteiger partial charge is 0.496 e. The summed E-state index contributed by atoms with van der Waals surface area (Å²) in [6.45, 7) is 1.09. The van der Waals surface area contributed by atoms with E-state index in [0.29, 0.717) is 19.6 Å². The lowest BCUT2D eigenvalue weighted by molar-refractivity contribution is -0.161. The van der Waals surface area contributed by atoms with Crippen LogP contribution in [-0.4, -0.2) is 50.5 Å². The molecule has 1 heterocycles. The van der Waals surface area contributed by atoms with Crippen molar-refractivity contribution in [2.24, 2.45) is 0 Å². The number of benzene rings is 1. The second-order valence-corrected chi connectivity index (χ2v) is 6.70. The van der Waals surface area contributed by atoms with Crippen molar-refractivity contribution < 1.29 is 23.8 Å². The van der Waals surface area contributed by atoms with Crippen molar-refractivity contribution in [3.05, 3.63) is 29.8 Å². The number of ether oxygens (including phenoxy) is 3. The van der Waals surface area contributed by atoms with Crippen molar-refractivity contribution in [2.75, 3.05) is 26.8 Å². The van der Waals surface area contributed by atoms with Crippen LogP contribution < -0.4 is 15.4 Å². The van der Waals surface area contributed by atoms with Crippen molar-refractivity contribution in [3.63, 3.8) is 0 Å². The molecule has 2 amide bonds. The fraction of sp³-hybridized carbons (Fsp3) is 0.579. The van der Waals surface area contributed by atoms with Gasteiger partial charge in [-0.25, -0.2) is 0 Å². The SMILES string of the molecule is COc1ccccc1CCNC(=O)C(=O)NCC1COC2(CCCC2)O1. The molecule has 2 fully saturated rings. The highest BCUT2D eigenvalue weighted by atomic mass is 16.7. The van der Waals surface area contributed by atoms with Gasteiger partial charge in [-0.3, -0.25) is 9.59 Å². The van der Waals surface area contributed by atoms with Gasteiger partial charge in [0.2, 0.25) is 0 Å². The van der Waals surface area contributed by atoms with Crippen LogP contribution in [-0.2, 0) is 25.5 Å². The third kappa shape index (κ3) is 4.53. The second kappa shape index (κ2) is 8.51. The molecule has 1 aromatic carbocycles. The third-order valence-electron chi connectivity index (χ3n) is 4.85. The van der Waals surface area contributed by atoms with Crippen LogP contribution in [0.1, 0.15) is 31.2 Å². The first-order valence-electron chi connectivity index (χ1n) is 9.11. The van der Waals surface area contributed by atoms with Crippen LogP contribution >= 0.6 is 0 Å². The van der Waals surface area contributed by atoms with E-state index in [0.717, 1.165) is 37.0 Å². The summed E-state index contributed by atoms with van der Waals surface area (Å²) >= 11 is 0. The van der Waals surface area contributed by atoms with Gasteiger partial charge in [-0.2, -0.15) is 0 Å². The minimum Gasteiger partial charge on any atom is -0.496 e. The molecule has 1 aromatic rings. The summed E-state index contributed by atoms with van der Waals surface area (Å²) in [6.07, 6.45) is 4.41. The van der Waals surface area contributed by atoms with Crippen molar-refractivity contribution in [2.45, 2.75) is 44.0 Å². The number of para-hydroxylation sites is 1. The Labute approximate surface area is 153 Å². The molecule has 1 atom stereocenters. The average molecular weight is 362 g/mol. The molecule has 1 spiro atoms. The van der Waals surface area contributed by atoms with Crippen molar-refractivity contribution >= 4 is 11.8 Å². The third-order valence-corrected chi connectivity index (χ3v) is 4.85. The first kappa shape index (κ1) is 18.7. The fourth-order valence-corrected chi connectivity index (χ4v) is 3.48. The first-order valence-corrected chi connectivity index (χ1v) is 9.11. The van der Waals surface area contributed by atoms with Crippen molar-refractivity contribution in [3.8, 4) is 5.75 Å². The van der Waals surface area contributed by atoms with Gasteiger partial charge < -0.3 is 24.8 Å². The molecule has 2 N–H and O–H groups in total. The molecule has 7 nitrogen and oxygen atoms in total. The maximum Gasteiger partial charge on any atom is 0.309 e. The monoisotopic (exact) mass is 362 g/mol. The molecule has 1 aliphatic carbocycles. The van der Waals surface area contributed by atoms with Crippen molar-refractivity contribution in [1.29, 1.82) is 0 Å². The van der Waals surface area contributed by atoms with Gasteiger partial charge in [0.05, 0.1) is 13.7 Å². The van der Waals surface area contributed by atoms with Crippen LogP contribution in [0.4, 0.5) is 0 Å². The van der Waals surface area contributed by atoms with E-state index in [9.17, 15) is 9.59 Å². The van der Waals surface area contributed by atoms with Gasteiger partial charge >= 0.3 is 11.8 Å². The Morgan fingerprint density at radius 3 is 2.69 bits per heavy atom.